The van der Waals surface area contributed by atoms with E-state index in [1.165, 1.54) is 38.5 Å². The molecule has 2 saturated heterocycles. The van der Waals surface area contributed by atoms with E-state index in [-0.39, 0.29) is 4.87 Å². The maximum atomic E-state index is 12.6. The van der Waals surface area contributed by atoms with Crippen LogP contribution < -0.4 is 0 Å². The summed E-state index contributed by atoms with van der Waals surface area (Å²) < 4.78 is 0. The molecule has 0 unspecified atom stereocenters. The molecule has 0 N–H and O–H groups in total. The van der Waals surface area contributed by atoms with E-state index >= 15 is 0 Å². The van der Waals surface area contributed by atoms with Crippen LogP contribution in [0.3, 0.4) is 0 Å². The van der Waals surface area contributed by atoms with Crippen LogP contribution in [0, 0.1) is 5.92 Å². The molecule has 0 saturated carbocycles. The zero-order valence-corrected chi connectivity index (χ0v) is 18.6. The molecule has 5 heteroatoms. The standard InChI is InChI=1S/C22H40N2O2S/c1-4-5-6-7-8-9-10-11-20(25)23-14-12-22(13-15-23)24(16-17-27-22)21(26)18-19(2)3/h19H,4-18H2,1-3H3. The van der Waals surface area contributed by atoms with Crippen LogP contribution in [0.2, 0.25) is 0 Å². The predicted octanol–water partition coefficient (Wildman–Crippen LogP) is 5.07. The Balaban J connectivity index is 1.71. The number of nitrogens with zero attached hydrogens (tertiary/aromatic N) is 2. The van der Waals surface area contributed by atoms with Gasteiger partial charge < -0.3 is 9.80 Å². The van der Waals surface area contributed by atoms with Gasteiger partial charge in [-0.2, -0.15) is 0 Å². The second-order valence-electron chi connectivity index (χ2n) is 8.69. The summed E-state index contributed by atoms with van der Waals surface area (Å²) in [6.45, 7) is 8.96. The first-order chi connectivity index (χ1) is 13.0. The van der Waals surface area contributed by atoms with Gasteiger partial charge in [0.1, 0.15) is 0 Å². The van der Waals surface area contributed by atoms with Crippen molar-refractivity contribution in [3.8, 4) is 0 Å². The fourth-order valence-corrected chi connectivity index (χ4v) is 5.81. The molecule has 0 aromatic carbocycles. The summed E-state index contributed by atoms with van der Waals surface area (Å²) in [5.41, 5.74) is 0. The molecule has 0 aromatic rings. The van der Waals surface area contributed by atoms with Gasteiger partial charge in [-0.05, 0) is 25.2 Å². The topological polar surface area (TPSA) is 40.6 Å². The van der Waals surface area contributed by atoms with Crippen molar-refractivity contribution in [3.63, 3.8) is 0 Å². The van der Waals surface area contributed by atoms with Crippen molar-refractivity contribution >= 4 is 23.6 Å². The van der Waals surface area contributed by atoms with E-state index in [0.29, 0.717) is 30.6 Å². The number of likely N-dealkylation sites (tertiary alicyclic amines) is 1. The summed E-state index contributed by atoms with van der Waals surface area (Å²) in [6.07, 6.45) is 12.0. The molecule has 2 fully saturated rings. The van der Waals surface area contributed by atoms with Crippen LogP contribution in [0.25, 0.3) is 0 Å². The van der Waals surface area contributed by atoms with Gasteiger partial charge in [0, 0.05) is 38.2 Å². The molecule has 27 heavy (non-hydrogen) atoms. The predicted molar refractivity (Wildman–Crippen MR) is 115 cm³/mol. The van der Waals surface area contributed by atoms with E-state index < -0.39 is 0 Å². The Labute approximate surface area is 170 Å². The highest BCUT2D eigenvalue weighted by atomic mass is 32.2. The quantitative estimate of drug-likeness (QED) is 0.484. The van der Waals surface area contributed by atoms with Gasteiger partial charge in [-0.15, -0.1) is 11.8 Å². The van der Waals surface area contributed by atoms with Crippen LogP contribution in [0.1, 0.15) is 91.4 Å². The lowest BCUT2D eigenvalue weighted by Gasteiger charge is -2.44. The molecule has 1 spiro atoms. The monoisotopic (exact) mass is 396 g/mol. The van der Waals surface area contributed by atoms with Gasteiger partial charge in [0.15, 0.2) is 0 Å². The molecule has 2 heterocycles. The third-order valence-electron chi connectivity index (χ3n) is 5.95. The fourth-order valence-electron chi connectivity index (χ4n) is 4.33. The van der Waals surface area contributed by atoms with Crippen molar-refractivity contribution in [2.75, 3.05) is 25.4 Å². The second kappa shape index (κ2) is 11.3. The third kappa shape index (κ3) is 6.69. The summed E-state index contributed by atoms with van der Waals surface area (Å²) in [7, 11) is 0. The molecule has 0 aliphatic carbocycles. The minimum absolute atomic E-state index is 0.0397. The summed E-state index contributed by atoms with van der Waals surface area (Å²) in [6, 6.07) is 0. The summed E-state index contributed by atoms with van der Waals surface area (Å²) in [4.78, 5) is 29.3. The maximum absolute atomic E-state index is 12.6. The zero-order chi connectivity index (χ0) is 19.7. The normalized spacial score (nSPS) is 19.3. The van der Waals surface area contributed by atoms with Crippen LogP contribution in [0.5, 0.6) is 0 Å². The number of thioether (sulfide) groups is 1. The first kappa shape index (κ1) is 22.6. The fraction of sp³-hybridized carbons (Fsp3) is 0.909. The lowest BCUT2D eigenvalue weighted by Crippen LogP contribution is -2.53. The number of hydrogen-bond acceptors (Lipinski definition) is 3. The smallest absolute Gasteiger partial charge is 0.223 e. The highest BCUT2D eigenvalue weighted by Crippen LogP contribution is 2.44. The van der Waals surface area contributed by atoms with Gasteiger partial charge in [0.05, 0.1) is 4.87 Å². The Hall–Kier alpha value is -0.710. The van der Waals surface area contributed by atoms with Crippen molar-refractivity contribution in [2.24, 2.45) is 5.92 Å². The van der Waals surface area contributed by atoms with Crippen molar-refractivity contribution < 1.29 is 9.59 Å². The minimum Gasteiger partial charge on any atom is -0.342 e. The number of piperidine rings is 1. The van der Waals surface area contributed by atoms with Crippen molar-refractivity contribution in [1.29, 1.82) is 0 Å². The highest BCUT2D eigenvalue weighted by Gasteiger charge is 2.46. The van der Waals surface area contributed by atoms with Crippen LogP contribution in [0.15, 0.2) is 0 Å². The Bertz CT molecular complexity index is 473. The summed E-state index contributed by atoms with van der Waals surface area (Å²) in [5.74, 6) is 2.07. The Kier molecular flexibility index (Phi) is 9.47. The van der Waals surface area contributed by atoms with Crippen LogP contribution in [-0.2, 0) is 9.59 Å². The maximum Gasteiger partial charge on any atom is 0.223 e. The number of hydrogen-bond donors (Lipinski definition) is 0. The number of carbonyl (C=O) groups excluding carboxylic acids is 2. The SMILES string of the molecule is CCCCCCCCCC(=O)N1CCC2(CC1)SCCN2C(=O)CC(C)C. The van der Waals surface area contributed by atoms with Crippen molar-refractivity contribution in [1.82, 2.24) is 9.80 Å². The van der Waals surface area contributed by atoms with Gasteiger partial charge >= 0.3 is 0 Å². The molecule has 0 radical (unpaired) electrons. The Morgan fingerprint density at radius 2 is 1.56 bits per heavy atom. The van der Waals surface area contributed by atoms with Crippen LogP contribution in [-0.4, -0.2) is 51.9 Å². The molecule has 2 aliphatic rings. The second-order valence-corrected chi connectivity index (χ2v) is 10.1. The largest absolute Gasteiger partial charge is 0.342 e. The van der Waals surface area contributed by atoms with Gasteiger partial charge in [0.25, 0.3) is 0 Å². The van der Waals surface area contributed by atoms with Gasteiger partial charge in [0.2, 0.25) is 11.8 Å². The highest BCUT2D eigenvalue weighted by molar-refractivity contribution is 8.00. The van der Waals surface area contributed by atoms with E-state index in [0.717, 1.165) is 44.6 Å². The zero-order valence-electron chi connectivity index (χ0n) is 17.8. The van der Waals surface area contributed by atoms with Crippen molar-refractivity contribution in [2.45, 2.75) is 96.3 Å². The third-order valence-corrected chi connectivity index (χ3v) is 7.51. The van der Waals surface area contributed by atoms with Crippen LogP contribution in [0.4, 0.5) is 0 Å². The molecular formula is C22H40N2O2S. The molecular weight excluding hydrogens is 356 g/mol. The molecule has 4 nitrogen and oxygen atoms in total. The number of unbranched alkanes of at least 4 members (excludes halogenated alkanes) is 6. The number of amides is 2. The molecule has 2 amide bonds. The van der Waals surface area contributed by atoms with Gasteiger partial charge in [-0.1, -0.05) is 59.3 Å². The van der Waals surface area contributed by atoms with Gasteiger partial charge in [-0.25, -0.2) is 0 Å². The van der Waals surface area contributed by atoms with Gasteiger partial charge in [-0.3, -0.25) is 9.59 Å². The summed E-state index contributed by atoms with van der Waals surface area (Å²) in [5, 5.41) is 0. The van der Waals surface area contributed by atoms with Crippen LogP contribution >= 0.6 is 11.8 Å². The molecule has 2 rings (SSSR count). The first-order valence-electron chi connectivity index (χ1n) is 11.2. The molecule has 0 bridgehead atoms. The first-order valence-corrected chi connectivity index (χ1v) is 12.2. The minimum atomic E-state index is -0.0397. The number of carbonyl (C=O) groups is 2. The molecule has 156 valence electrons. The lowest BCUT2D eigenvalue weighted by atomic mass is 9.99. The van der Waals surface area contributed by atoms with E-state index in [4.69, 9.17) is 0 Å². The van der Waals surface area contributed by atoms with E-state index in [9.17, 15) is 9.59 Å². The average Bonchev–Trinajstić information content (AvgIpc) is 3.04. The Morgan fingerprint density at radius 1 is 0.926 bits per heavy atom. The van der Waals surface area contributed by atoms with E-state index in [1.54, 1.807) is 0 Å². The van der Waals surface area contributed by atoms with E-state index in [1.807, 2.05) is 16.7 Å². The molecule has 2 aliphatic heterocycles. The summed E-state index contributed by atoms with van der Waals surface area (Å²) >= 11 is 1.94. The van der Waals surface area contributed by atoms with E-state index in [2.05, 4.69) is 25.7 Å². The lowest BCUT2D eigenvalue weighted by molar-refractivity contribution is -0.137. The number of rotatable bonds is 10. The van der Waals surface area contributed by atoms with Crippen molar-refractivity contribution in [3.05, 3.63) is 0 Å². The molecule has 0 aromatic heterocycles. The average molecular weight is 397 g/mol. The Morgan fingerprint density at radius 3 is 2.19 bits per heavy atom. The molecule has 0 atom stereocenters.